The van der Waals surface area contributed by atoms with E-state index in [0.717, 1.165) is 60.6 Å². The number of rotatable bonds is 14. The van der Waals surface area contributed by atoms with Gasteiger partial charge < -0.3 is 14.8 Å². The van der Waals surface area contributed by atoms with Crippen molar-refractivity contribution in [1.29, 1.82) is 0 Å². The van der Waals surface area contributed by atoms with Crippen LogP contribution in [0.5, 0.6) is 5.75 Å². The second-order valence-corrected chi connectivity index (χ2v) is 10.1. The zero-order chi connectivity index (χ0) is 30.7. The van der Waals surface area contributed by atoms with Crippen LogP contribution in [-0.2, 0) is 15.7 Å². The van der Waals surface area contributed by atoms with Crippen molar-refractivity contribution in [2.75, 3.05) is 13.2 Å². The molecule has 9 heteroatoms. The standard InChI is InChI=1S/C33H37F4NO4/c1-4-6-7-8-9-29(24-12-16-27(22(3)20-24)23-10-14-26(15-11-23)33(35,36)37)42-30-17-13-25(21-28(30)34)32(40)38-19-18-31(39)41-5-2/h10-17,20-21,29H,4-9,18-19H2,1-3H3,(H,38,40). The smallest absolute Gasteiger partial charge is 0.416 e. The molecule has 5 nitrogen and oxygen atoms in total. The largest absolute Gasteiger partial charge is 0.483 e. The Balaban J connectivity index is 1.77. The van der Waals surface area contributed by atoms with Gasteiger partial charge in [-0.05, 0) is 79.3 Å². The molecule has 0 heterocycles. The number of nitrogens with one attached hydrogen (secondary N) is 1. The predicted octanol–water partition coefficient (Wildman–Crippen LogP) is 8.59. The van der Waals surface area contributed by atoms with Crippen LogP contribution in [0.1, 0.15) is 85.5 Å². The lowest BCUT2D eigenvalue weighted by Crippen LogP contribution is -2.26. The summed E-state index contributed by atoms with van der Waals surface area (Å²) in [7, 11) is 0. The normalized spacial score (nSPS) is 12.1. The molecule has 0 saturated heterocycles. The summed E-state index contributed by atoms with van der Waals surface area (Å²) < 4.78 is 65.0. The van der Waals surface area contributed by atoms with E-state index in [9.17, 15) is 22.8 Å². The van der Waals surface area contributed by atoms with Crippen molar-refractivity contribution in [3.63, 3.8) is 0 Å². The Morgan fingerprint density at radius 3 is 2.29 bits per heavy atom. The summed E-state index contributed by atoms with van der Waals surface area (Å²) in [4.78, 5) is 23.9. The monoisotopic (exact) mass is 587 g/mol. The van der Waals surface area contributed by atoms with Crippen molar-refractivity contribution in [3.05, 3.63) is 88.7 Å². The lowest BCUT2D eigenvalue weighted by molar-refractivity contribution is -0.143. The van der Waals surface area contributed by atoms with Gasteiger partial charge in [-0.15, -0.1) is 0 Å². The first-order valence-electron chi connectivity index (χ1n) is 14.2. The Kier molecular flexibility index (Phi) is 11.9. The van der Waals surface area contributed by atoms with E-state index in [-0.39, 0.29) is 30.9 Å². The maximum Gasteiger partial charge on any atom is 0.416 e. The minimum Gasteiger partial charge on any atom is -0.483 e. The van der Waals surface area contributed by atoms with Crippen molar-refractivity contribution in [2.24, 2.45) is 0 Å². The van der Waals surface area contributed by atoms with E-state index >= 15 is 4.39 Å². The molecule has 0 aliphatic heterocycles. The molecular weight excluding hydrogens is 550 g/mol. The Hall–Kier alpha value is -3.88. The zero-order valence-corrected chi connectivity index (χ0v) is 24.2. The summed E-state index contributed by atoms with van der Waals surface area (Å²) in [5, 5.41) is 2.57. The van der Waals surface area contributed by atoms with Crippen LogP contribution in [-0.4, -0.2) is 25.0 Å². The van der Waals surface area contributed by atoms with E-state index in [4.69, 9.17) is 9.47 Å². The molecule has 0 radical (unpaired) electrons. The number of alkyl halides is 3. The molecule has 1 unspecified atom stereocenters. The fraction of sp³-hybridized carbons (Fsp3) is 0.394. The average Bonchev–Trinajstić information content (AvgIpc) is 2.95. The third-order valence-corrected chi connectivity index (χ3v) is 6.85. The molecule has 0 saturated carbocycles. The molecule has 3 rings (SSSR count). The molecular formula is C33H37F4NO4. The predicted molar refractivity (Wildman–Crippen MR) is 154 cm³/mol. The van der Waals surface area contributed by atoms with Crippen LogP contribution in [0.25, 0.3) is 11.1 Å². The highest BCUT2D eigenvalue weighted by molar-refractivity contribution is 5.94. The highest BCUT2D eigenvalue weighted by Crippen LogP contribution is 2.34. The molecule has 0 aliphatic carbocycles. The molecule has 226 valence electrons. The second kappa shape index (κ2) is 15.4. The maximum absolute atomic E-state index is 15.1. The summed E-state index contributed by atoms with van der Waals surface area (Å²) in [5.41, 5.74) is 2.52. The van der Waals surface area contributed by atoms with Crippen LogP contribution >= 0.6 is 0 Å². The molecule has 1 amide bonds. The summed E-state index contributed by atoms with van der Waals surface area (Å²) in [5.74, 6) is -1.64. The quantitative estimate of drug-likeness (QED) is 0.117. The number of aryl methyl sites for hydroxylation is 1. The van der Waals surface area contributed by atoms with Gasteiger partial charge in [0.25, 0.3) is 5.91 Å². The fourth-order valence-electron chi connectivity index (χ4n) is 4.60. The van der Waals surface area contributed by atoms with Gasteiger partial charge in [-0.25, -0.2) is 4.39 Å². The lowest BCUT2D eigenvalue weighted by atomic mass is 9.94. The fourth-order valence-corrected chi connectivity index (χ4v) is 4.60. The minimum absolute atomic E-state index is 0.00281. The number of carbonyl (C=O) groups excluding carboxylic acids is 2. The number of ether oxygens (including phenoxy) is 2. The first kappa shape index (κ1) is 32.6. The van der Waals surface area contributed by atoms with Crippen LogP contribution in [0.15, 0.2) is 60.7 Å². The highest BCUT2D eigenvalue weighted by Gasteiger charge is 2.30. The maximum atomic E-state index is 15.1. The summed E-state index contributed by atoms with van der Waals surface area (Å²) in [6.45, 7) is 6.00. The van der Waals surface area contributed by atoms with Crippen LogP contribution in [0.2, 0.25) is 0 Å². The van der Waals surface area contributed by atoms with E-state index in [1.54, 1.807) is 6.92 Å². The first-order chi connectivity index (χ1) is 20.0. The van der Waals surface area contributed by atoms with Gasteiger partial charge in [0.2, 0.25) is 0 Å². The van der Waals surface area contributed by atoms with Crippen molar-refractivity contribution in [3.8, 4) is 16.9 Å². The SMILES string of the molecule is CCCCCCC(Oc1ccc(C(=O)NCCC(=O)OCC)cc1F)c1ccc(-c2ccc(C(F)(F)F)cc2)c(C)c1. The van der Waals surface area contributed by atoms with Gasteiger partial charge in [0.15, 0.2) is 11.6 Å². The molecule has 0 fully saturated rings. The van der Waals surface area contributed by atoms with Crippen LogP contribution in [0, 0.1) is 12.7 Å². The molecule has 0 bridgehead atoms. The van der Waals surface area contributed by atoms with Crippen molar-refractivity contribution in [2.45, 2.75) is 71.6 Å². The molecule has 3 aromatic rings. The molecule has 1 N–H and O–H groups in total. The average molecular weight is 588 g/mol. The number of benzene rings is 3. The van der Waals surface area contributed by atoms with Gasteiger partial charge in [-0.1, -0.05) is 56.5 Å². The highest BCUT2D eigenvalue weighted by atomic mass is 19.4. The number of hydrogen-bond acceptors (Lipinski definition) is 4. The number of halogens is 4. The summed E-state index contributed by atoms with van der Waals surface area (Å²) >= 11 is 0. The van der Waals surface area contributed by atoms with Crippen LogP contribution in [0.4, 0.5) is 17.6 Å². The van der Waals surface area contributed by atoms with Crippen molar-refractivity contribution < 1.29 is 36.6 Å². The van der Waals surface area contributed by atoms with Crippen molar-refractivity contribution in [1.82, 2.24) is 5.32 Å². The second-order valence-electron chi connectivity index (χ2n) is 10.1. The van der Waals surface area contributed by atoms with E-state index < -0.39 is 35.5 Å². The number of unbranched alkanes of at least 4 members (excludes halogenated alkanes) is 3. The van der Waals surface area contributed by atoms with Gasteiger partial charge in [-0.2, -0.15) is 13.2 Å². The lowest BCUT2D eigenvalue weighted by Gasteiger charge is -2.22. The Morgan fingerprint density at radius 1 is 0.929 bits per heavy atom. The molecule has 0 aromatic heterocycles. The van der Waals surface area contributed by atoms with Crippen molar-refractivity contribution >= 4 is 11.9 Å². The number of hydrogen-bond donors (Lipinski definition) is 1. The van der Waals surface area contributed by atoms with Crippen LogP contribution < -0.4 is 10.1 Å². The topological polar surface area (TPSA) is 64.6 Å². The molecule has 1 atom stereocenters. The molecule has 0 spiro atoms. The van der Waals surface area contributed by atoms with E-state index in [0.29, 0.717) is 12.0 Å². The minimum atomic E-state index is -4.40. The summed E-state index contributed by atoms with van der Waals surface area (Å²) in [6, 6.07) is 14.6. The van der Waals surface area contributed by atoms with Gasteiger partial charge in [-0.3, -0.25) is 9.59 Å². The van der Waals surface area contributed by atoms with E-state index in [2.05, 4.69) is 12.2 Å². The Morgan fingerprint density at radius 2 is 1.67 bits per heavy atom. The van der Waals surface area contributed by atoms with Gasteiger partial charge in [0.1, 0.15) is 6.10 Å². The number of esters is 1. The third-order valence-electron chi connectivity index (χ3n) is 6.85. The zero-order valence-electron chi connectivity index (χ0n) is 24.2. The third kappa shape index (κ3) is 9.33. The van der Waals surface area contributed by atoms with Gasteiger partial charge in [0, 0.05) is 12.1 Å². The van der Waals surface area contributed by atoms with Gasteiger partial charge in [0.05, 0.1) is 18.6 Å². The first-order valence-corrected chi connectivity index (χ1v) is 14.2. The Bertz CT molecular complexity index is 1340. The Labute approximate surface area is 244 Å². The van der Waals surface area contributed by atoms with Gasteiger partial charge >= 0.3 is 12.1 Å². The van der Waals surface area contributed by atoms with Crippen LogP contribution in [0.3, 0.4) is 0 Å². The van der Waals surface area contributed by atoms with E-state index in [1.165, 1.54) is 24.3 Å². The van der Waals surface area contributed by atoms with E-state index in [1.807, 2.05) is 25.1 Å². The molecule has 0 aliphatic rings. The molecule has 3 aromatic carbocycles. The number of carbonyl (C=O) groups is 2. The molecule has 42 heavy (non-hydrogen) atoms. The summed E-state index contributed by atoms with van der Waals surface area (Å²) in [6.07, 6.45) is -0.249. The number of amides is 1.